The van der Waals surface area contributed by atoms with Gasteiger partial charge < -0.3 is 20.2 Å². The van der Waals surface area contributed by atoms with E-state index in [-0.39, 0.29) is 6.03 Å². The topological polar surface area (TPSA) is 72.9 Å². The second-order valence-electron chi connectivity index (χ2n) is 4.79. The predicted octanol–water partition coefficient (Wildman–Crippen LogP) is 0.886. The second kappa shape index (κ2) is 7.59. The number of amides is 2. The Hall–Kier alpha value is -0.950. The first-order chi connectivity index (χ1) is 8.97. The number of urea groups is 1. The number of aliphatic carboxylic acids is 1. The van der Waals surface area contributed by atoms with Crippen LogP contribution in [0.1, 0.15) is 20.3 Å². The average molecular weight is 289 g/mol. The van der Waals surface area contributed by atoms with E-state index >= 15 is 0 Å². The molecule has 0 saturated carbocycles. The van der Waals surface area contributed by atoms with Crippen LogP contribution in [-0.4, -0.2) is 70.8 Å². The van der Waals surface area contributed by atoms with Gasteiger partial charge in [-0.3, -0.25) is 0 Å². The lowest BCUT2D eigenvalue weighted by Crippen LogP contribution is -2.48. The van der Waals surface area contributed by atoms with E-state index in [4.69, 9.17) is 5.11 Å². The lowest BCUT2D eigenvalue weighted by molar-refractivity contribution is -0.140. The van der Waals surface area contributed by atoms with Crippen LogP contribution < -0.4 is 5.32 Å². The fourth-order valence-electron chi connectivity index (χ4n) is 1.82. The van der Waals surface area contributed by atoms with Crippen LogP contribution in [0.3, 0.4) is 0 Å². The molecule has 1 unspecified atom stereocenters. The van der Waals surface area contributed by atoms with Crippen molar-refractivity contribution in [2.45, 2.75) is 32.4 Å². The largest absolute Gasteiger partial charge is 0.480 e. The molecule has 0 aliphatic carbocycles. The van der Waals surface area contributed by atoms with E-state index in [1.807, 2.05) is 7.05 Å². The first kappa shape index (κ1) is 16.1. The van der Waals surface area contributed by atoms with E-state index in [0.717, 1.165) is 13.0 Å². The zero-order chi connectivity index (χ0) is 14.4. The maximum Gasteiger partial charge on any atom is 0.327 e. The van der Waals surface area contributed by atoms with E-state index in [1.54, 1.807) is 0 Å². The summed E-state index contributed by atoms with van der Waals surface area (Å²) in [4.78, 5) is 26.4. The van der Waals surface area contributed by atoms with Gasteiger partial charge in [-0.15, -0.1) is 11.8 Å². The summed E-state index contributed by atoms with van der Waals surface area (Å²) in [5, 5.41) is 11.8. The van der Waals surface area contributed by atoms with Gasteiger partial charge in [-0.05, 0) is 20.4 Å². The Balaban J connectivity index is 2.33. The number of carbonyl (C=O) groups excluding carboxylic acids is 1. The quantitative estimate of drug-likeness (QED) is 0.759. The van der Waals surface area contributed by atoms with Gasteiger partial charge in [-0.1, -0.05) is 6.92 Å². The molecule has 0 aromatic carbocycles. The summed E-state index contributed by atoms with van der Waals surface area (Å²) in [6, 6.07) is -0.502. The zero-order valence-electron chi connectivity index (χ0n) is 11.8. The van der Waals surface area contributed by atoms with Crippen molar-refractivity contribution in [3.8, 4) is 0 Å². The van der Waals surface area contributed by atoms with Crippen LogP contribution in [-0.2, 0) is 4.79 Å². The summed E-state index contributed by atoms with van der Waals surface area (Å²) in [5.74, 6) is -0.0173. The summed E-state index contributed by atoms with van der Waals surface area (Å²) in [7, 11) is 2.02. The van der Waals surface area contributed by atoms with E-state index in [0.29, 0.717) is 24.2 Å². The Morgan fingerprint density at radius 3 is 2.84 bits per heavy atom. The summed E-state index contributed by atoms with van der Waals surface area (Å²) < 4.78 is 0. The second-order valence-corrected chi connectivity index (χ2v) is 5.79. The monoisotopic (exact) mass is 289 g/mol. The molecule has 0 aromatic heterocycles. The van der Waals surface area contributed by atoms with Crippen LogP contribution in [0.25, 0.3) is 0 Å². The molecule has 1 aliphatic rings. The Kier molecular flexibility index (Phi) is 6.44. The van der Waals surface area contributed by atoms with Gasteiger partial charge in [0.25, 0.3) is 0 Å². The fraction of sp³-hybridized carbons (Fsp3) is 0.833. The van der Waals surface area contributed by atoms with Gasteiger partial charge in [0.2, 0.25) is 0 Å². The number of nitrogens with zero attached hydrogens (tertiary/aromatic N) is 2. The van der Waals surface area contributed by atoms with E-state index < -0.39 is 12.0 Å². The molecule has 2 amide bonds. The highest BCUT2D eigenvalue weighted by Gasteiger charge is 2.34. The summed E-state index contributed by atoms with van der Waals surface area (Å²) in [6.45, 7) is 5.56. The third kappa shape index (κ3) is 4.58. The molecule has 1 rings (SSSR count). The maximum absolute atomic E-state index is 11.9. The number of carboxylic acids is 1. The van der Waals surface area contributed by atoms with Crippen molar-refractivity contribution >= 4 is 23.8 Å². The molecule has 1 fully saturated rings. The van der Waals surface area contributed by atoms with Crippen LogP contribution in [0, 0.1) is 0 Å². The lowest BCUT2D eigenvalue weighted by Gasteiger charge is -2.25. The molecule has 7 heteroatoms. The number of nitrogens with one attached hydrogen (secondary N) is 1. The third-order valence-corrected chi connectivity index (χ3v) is 4.52. The van der Waals surface area contributed by atoms with Crippen LogP contribution in [0.4, 0.5) is 4.79 Å². The first-order valence-corrected chi connectivity index (χ1v) is 7.68. The molecule has 1 heterocycles. The fourth-order valence-corrected chi connectivity index (χ4v) is 2.97. The molecular weight excluding hydrogens is 266 g/mol. The summed E-state index contributed by atoms with van der Waals surface area (Å²) in [6.07, 6.45) is 1.06. The molecule has 110 valence electrons. The van der Waals surface area contributed by atoms with Gasteiger partial charge in [0.1, 0.15) is 6.04 Å². The number of rotatable bonds is 6. The van der Waals surface area contributed by atoms with Gasteiger partial charge in [0.05, 0.1) is 5.88 Å². The average Bonchev–Trinajstić information content (AvgIpc) is 2.86. The number of carboxylic acid groups (broad SMARTS) is 1. The molecule has 19 heavy (non-hydrogen) atoms. The molecule has 2 N–H and O–H groups in total. The molecular formula is C12H23N3O3S. The van der Waals surface area contributed by atoms with Crippen molar-refractivity contribution in [1.29, 1.82) is 0 Å². The summed E-state index contributed by atoms with van der Waals surface area (Å²) >= 11 is 1.47. The minimum absolute atomic E-state index is 0.282. The van der Waals surface area contributed by atoms with E-state index in [1.165, 1.54) is 16.7 Å². The molecule has 0 radical (unpaired) electrons. The van der Waals surface area contributed by atoms with Crippen molar-refractivity contribution in [1.82, 2.24) is 15.1 Å². The minimum Gasteiger partial charge on any atom is -0.480 e. The van der Waals surface area contributed by atoms with Crippen LogP contribution in [0.15, 0.2) is 0 Å². The van der Waals surface area contributed by atoms with Crippen molar-refractivity contribution in [3.63, 3.8) is 0 Å². The third-order valence-electron chi connectivity index (χ3n) is 3.51. The molecule has 0 spiro atoms. The smallest absolute Gasteiger partial charge is 0.327 e. The Bertz CT molecular complexity index is 327. The number of carbonyl (C=O) groups is 2. The Morgan fingerprint density at radius 2 is 2.26 bits per heavy atom. The normalized spacial score (nSPS) is 20.6. The van der Waals surface area contributed by atoms with Gasteiger partial charge in [0, 0.05) is 24.9 Å². The van der Waals surface area contributed by atoms with Crippen molar-refractivity contribution in [2.24, 2.45) is 0 Å². The predicted molar refractivity (Wildman–Crippen MR) is 76.4 cm³/mol. The van der Waals surface area contributed by atoms with Gasteiger partial charge >= 0.3 is 12.0 Å². The number of hydrogen-bond acceptors (Lipinski definition) is 4. The summed E-state index contributed by atoms with van der Waals surface area (Å²) in [5.41, 5.74) is 0. The number of hydrogen-bond donors (Lipinski definition) is 2. The number of thioether (sulfide) groups is 1. The molecule has 0 aromatic rings. The highest BCUT2D eigenvalue weighted by Crippen LogP contribution is 2.20. The minimum atomic E-state index is -0.933. The standard InChI is InChI=1S/C12H23N3O3S/c1-4-9(2)14(3)6-5-13-12(18)15-8-19-7-10(15)11(16)17/h9-10H,4-8H2,1-3H3,(H,13,18)(H,16,17)/t9?,10-/m0/s1. The molecule has 2 atom stereocenters. The van der Waals surface area contributed by atoms with Crippen LogP contribution in [0.2, 0.25) is 0 Å². The van der Waals surface area contributed by atoms with Crippen LogP contribution in [0.5, 0.6) is 0 Å². The number of likely N-dealkylation sites (N-methyl/N-ethyl adjacent to an activating group) is 1. The van der Waals surface area contributed by atoms with Gasteiger partial charge in [-0.2, -0.15) is 0 Å². The SMILES string of the molecule is CCC(C)N(C)CCNC(=O)N1CSC[C@H]1C(=O)O. The van der Waals surface area contributed by atoms with Crippen molar-refractivity contribution < 1.29 is 14.7 Å². The molecule has 1 saturated heterocycles. The Morgan fingerprint density at radius 1 is 1.58 bits per heavy atom. The highest BCUT2D eigenvalue weighted by molar-refractivity contribution is 7.99. The molecule has 0 bridgehead atoms. The highest BCUT2D eigenvalue weighted by atomic mass is 32.2. The maximum atomic E-state index is 11.9. The van der Waals surface area contributed by atoms with Gasteiger partial charge in [0.15, 0.2) is 0 Å². The van der Waals surface area contributed by atoms with Crippen LogP contribution >= 0.6 is 11.8 Å². The zero-order valence-corrected chi connectivity index (χ0v) is 12.6. The Labute approximate surface area is 118 Å². The van der Waals surface area contributed by atoms with Crippen molar-refractivity contribution in [2.75, 3.05) is 31.8 Å². The first-order valence-electron chi connectivity index (χ1n) is 6.52. The van der Waals surface area contributed by atoms with Crippen molar-refractivity contribution in [3.05, 3.63) is 0 Å². The van der Waals surface area contributed by atoms with E-state index in [2.05, 4.69) is 24.1 Å². The lowest BCUT2D eigenvalue weighted by atomic mass is 10.2. The molecule has 1 aliphatic heterocycles. The van der Waals surface area contributed by atoms with Gasteiger partial charge in [-0.25, -0.2) is 9.59 Å². The molecule has 6 nitrogen and oxygen atoms in total. The van der Waals surface area contributed by atoms with E-state index in [9.17, 15) is 9.59 Å².